The van der Waals surface area contributed by atoms with Crippen LogP contribution in [0.4, 0.5) is 8.78 Å². The lowest BCUT2D eigenvalue weighted by Crippen LogP contribution is -2.39. The molecule has 0 spiro atoms. The number of nitrogens with two attached hydrogens (primary N) is 1. The molecule has 0 radical (unpaired) electrons. The Kier molecular flexibility index (Phi) is 8.02. The van der Waals surface area contributed by atoms with Crippen molar-refractivity contribution in [1.82, 2.24) is 5.32 Å². The highest BCUT2D eigenvalue weighted by molar-refractivity contribution is 5.75. The van der Waals surface area contributed by atoms with Gasteiger partial charge in [0.05, 0.1) is 6.61 Å². The second kappa shape index (κ2) is 8.37. The maximum Gasteiger partial charge on any atom is 0.261 e. The van der Waals surface area contributed by atoms with Gasteiger partial charge >= 0.3 is 0 Å². The van der Waals surface area contributed by atoms with E-state index < -0.39 is 13.0 Å². The van der Waals surface area contributed by atoms with Gasteiger partial charge in [-0.2, -0.15) is 0 Å². The number of carbonyl (C=O) groups excluding carboxylic acids is 1. The van der Waals surface area contributed by atoms with Crippen LogP contribution in [0.15, 0.2) is 0 Å². The van der Waals surface area contributed by atoms with E-state index >= 15 is 0 Å². The average molecular weight is 266 g/mol. The van der Waals surface area contributed by atoms with E-state index in [4.69, 9.17) is 5.73 Å². The molecule has 0 aliphatic rings. The Morgan fingerprint density at radius 2 is 2.00 bits per heavy atom. The van der Waals surface area contributed by atoms with Crippen molar-refractivity contribution in [2.75, 3.05) is 19.8 Å². The van der Waals surface area contributed by atoms with Crippen LogP contribution >= 0.6 is 0 Å². The molecular formula is C12H24F2N2O2. The number of hydrogen-bond donors (Lipinski definition) is 2. The summed E-state index contributed by atoms with van der Waals surface area (Å²) in [5, 5.41) is 2.66. The van der Waals surface area contributed by atoms with Crippen LogP contribution in [-0.2, 0) is 9.53 Å². The molecule has 4 nitrogen and oxygen atoms in total. The summed E-state index contributed by atoms with van der Waals surface area (Å²) < 4.78 is 28.1. The van der Waals surface area contributed by atoms with Gasteiger partial charge in [-0.3, -0.25) is 4.79 Å². The monoisotopic (exact) mass is 266 g/mol. The summed E-state index contributed by atoms with van der Waals surface area (Å²) in [7, 11) is 0. The van der Waals surface area contributed by atoms with E-state index in [2.05, 4.69) is 30.8 Å². The quantitative estimate of drug-likeness (QED) is 0.655. The SMILES string of the molecule is CC(C)(C)CC(N)CNC(=O)CCOCC(F)F. The topological polar surface area (TPSA) is 64.3 Å². The van der Waals surface area contributed by atoms with Gasteiger partial charge in [0.25, 0.3) is 6.43 Å². The smallest absolute Gasteiger partial charge is 0.261 e. The normalized spacial score (nSPS) is 13.7. The Morgan fingerprint density at radius 3 is 2.50 bits per heavy atom. The highest BCUT2D eigenvalue weighted by atomic mass is 19.3. The number of carbonyl (C=O) groups is 1. The van der Waals surface area contributed by atoms with Crippen molar-refractivity contribution in [3.63, 3.8) is 0 Å². The number of halogens is 2. The van der Waals surface area contributed by atoms with Crippen molar-refractivity contribution in [3.8, 4) is 0 Å². The second-order valence-corrected chi connectivity index (χ2v) is 5.54. The van der Waals surface area contributed by atoms with Crippen LogP contribution in [-0.4, -0.2) is 38.1 Å². The van der Waals surface area contributed by atoms with Gasteiger partial charge < -0.3 is 15.8 Å². The first-order valence-corrected chi connectivity index (χ1v) is 6.09. The summed E-state index contributed by atoms with van der Waals surface area (Å²) >= 11 is 0. The van der Waals surface area contributed by atoms with Crippen molar-refractivity contribution in [1.29, 1.82) is 0 Å². The van der Waals surface area contributed by atoms with Gasteiger partial charge in [0.2, 0.25) is 5.91 Å². The molecule has 3 N–H and O–H groups in total. The van der Waals surface area contributed by atoms with E-state index in [-0.39, 0.29) is 30.4 Å². The van der Waals surface area contributed by atoms with Crippen LogP contribution in [0.2, 0.25) is 0 Å². The first-order valence-electron chi connectivity index (χ1n) is 6.09. The molecule has 0 rings (SSSR count). The van der Waals surface area contributed by atoms with E-state index in [1.807, 2.05) is 0 Å². The Hall–Kier alpha value is -0.750. The maximum absolute atomic E-state index is 11.7. The van der Waals surface area contributed by atoms with Crippen LogP contribution in [0.3, 0.4) is 0 Å². The Labute approximate surface area is 107 Å². The van der Waals surface area contributed by atoms with E-state index in [0.717, 1.165) is 6.42 Å². The fraction of sp³-hybridized carbons (Fsp3) is 0.917. The van der Waals surface area contributed by atoms with E-state index in [9.17, 15) is 13.6 Å². The number of nitrogens with one attached hydrogen (secondary N) is 1. The molecule has 0 saturated heterocycles. The van der Waals surface area contributed by atoms with E-state index in [0.29, 0.717) is 6.54 Å². The molecule has 0 aromatic rings. The van der Waals surface area contributed by atoms with Crippen LogP contribution in [0, 0.1) is 5.41 Å². The number of hydrogen-bond acceptors (Lipinski definition) is 3. The molecule has 0 aromatic heterocycles. The maximum atomic E-state index is 11.7. The van der Waals surface area contributed by atoms with Crippen molar-refractivity contribution < 1.29 is 18.3 Å². The third-order valence-corrected chi connectivity index (χ3v) is 2.15. The summed E-state index contributed by atoms with van der Waals surface area (Å²) in [4.78, 5) is 11.3. The zero-order valence-electron chi connectivity index (χ0n) is 11.3. The van der Waals surface area contributed by atoms with Crippen molar-refractivity contribution in [2.24, 2.45) is 11.1 Å². The summed E-state index contributed by atoms with van der Waals surface area (Å²) in [6.45, 7) is 6.00. The van der Waals surface area contributed by atoms with Gasteiger partial charge in [-0.25, -0.2) is 8.78 Å². The molecule has 6 heteroatoms. The standard InChI is InChI=1S/C12H24F2N2O2/c1-12(2,3)6-9(15)7-16-11(17)4-5-18-8-10(13)14/h9-10H,4-8,15H2,1-3H3,(H,16,17). The zero-order chi connectivity index (χ0) is 14.2. The summed E-state index contributed by atoms with van der Waals surface area (Å²) in [6.07, 6.45) is -1.61. The van der Waals surface area contributed by atoms with Crippen LogP contribution < -0.4 is 11.1 Å². The van der Waals surface area contributed by atoms with Gasteiger partial charge in [-0.15, -0.1) is 0 Å². The number of amides is 1. The van der Waals surface area contributed by atoms with Gasteiger partial charge in [0.1, 0.15) is 6.61 Å². The molecule has 1 unspecified atom stereocenters. The lowest BCUT2D eigenvalue weighted by Gasteiger charge is -2.23. The lowest BCUT2D eigenvalue weighted by molar-refractivity contribution is -0.122. The molecule has 0 heterocycles. The molecule has 0 saturated carbocycles. The van der Waals surface area contributed by atoms with Crippen molar-refractivity contribution in [3.05, 3.63) is 0 Å². The Bertz CT molecular complexity index is 243. The molecule has 0 aliphatic heterocycles. The minimum Gasteiger partial charge on any atom is -0.375 e. The van der Waals surface area contributed by atoms with Gasteiger partial charge in [-0.05, 0) is 11.8 Å². The molecule has 0 fully saturated rings. The van der Waals surface area contributed by atoms with Gasteiger partial charge in [-0.1, -0.05) is 20.8 Å². The summed E-state index contributed by atoms with van der Waals surface area (Å²) in [5.74, 6) is -0.228. The third kappa shape index (κ3) is 11.7. The van der Waals surface area contributed by atoms with Gasteiger partial charge in [0.15, 0.2) is 0 Å². The highest BCUT2D eigenvalue weighted by Gasteiger charge is 2.16. The van der Waals surface area contributed by atoms with Crippen LogP contribution in [0.25, 0.3) is 0 Å². The minimum absolute atomic E-state index is 0.00465. The largest absolute Gasteiger partial charge is 0.375 e. The number of ether oxygens (including phenoxy) is 1. The Balaban J connectivity index is 3.58. The summed E-state index contributed by atoms with van der Waals surface area (Å²) in [6, 6.07) is -0.101. The minimum atomic E-state index is -2.49. The molecule has 1 amide bonds. The number of alkyl halides is 2. The summed E-state index contributed by atoms with van der Waals surface area (Å²) in [5.41, 5.74) is 5.97. The number of rotatable bonds is 8. The zero-order valence-corrected chi connectivity index (χ0v) is 11.3. The Morgan fingerprint density at radius 1 is 1.39 bits per heavy atom. The molecule has 1 atom stereocenters. The van der Waals surface area contributed by atoms with E-state index in [1.165, 1.54) is 0 Å². The molecule has 0 aromatic carbocycles. The van der Waals surface area contributed by atoms with Crippen molar-refractivity contribution >= 4 is 5.91 Å². The first-order chi connectivity index (χ1) is 8.20. The fourth-order valence-corrected chi connectivity index (χ4v) is 1.53. The second-order valence-electron chi connectivity index (χ2n) is 5.54. The van der Waals surface area contributed by atoms with Crippen molar-refractivity contribution in [2.45, 2.75) is 46.1 Å². The average Bonchev–Trinajstić information content (AvgIpc) is 2.19. The van der Waals surface area contributed by atoms with Crippen LogP contribution in [0.5, 0.6) is 0 Å². The molecule has 18 heavy (non-hydrogen) atoms. The third-order valence-electron chi connectivity index (χ3n) is 2.15. The molecule has 0 bridgehead atoms. The van der Waals surface area contributed by atoms with Gasteiger partial charge in [0, 0.05) is 19.0 Å². The fourth-order valence-electron chi connectivity index (χ4n) is 1.53. The van der Waals surface area contributed by atoms with E-state index in [1.54, 1.807) is 0 Å². The molecular weight excluding hydrogens is 242 g/mol. The van der Waals surface area contributed by atoms with Crippen LogP contribution in [0.1, 0.15) is 33.6 Å². The predicted octanol–water partition coefficient (Wildman–Crippen LogP) is 1.54. The molecule has 108 valence electrons. The first kappa shape index (κ1) is 17.2. The lowest BCUT2D eigenvalue weighted by atomic mass is 9.88. The predicted molar refractivity (Wildman–Crippen MR) is 66.5 cm³/mol. The molecule has 0 aliphatic carbocycles. The highest BCUT2D eigenvalue weighted by Crippen LogP contribution is 2.19.